The number of benzene rings is 4. The second kappa shape index (κ2) is 13.8. The lowest BCUT2D eigenvalue weighted by Crippen LogP contribution is -2.23. The molecular formula is C34H35F3N2O5S. The average Bonchev–Trinajstić information content (AvgIpc) is 3.51. The minimum absolute atomic E-state index is 0.291. The van der Waals surface area contributed by atoms with Crippen molar-refractivity contribution >= 4 is 21.4 Å². The Bertz CT molecular complexity index is 1690. The van der Waals surface area contributed by atoms with E-state index in [2.05, 4.69) is 4.72 Å². The van der Waals surface area contributed by atoms with Crippen LogP contribution in [0.25, 0.3) is 0 Å². The second-order valence-electron chi connectivity index (χ2n) is 11.1. The first-order valence-corrected chi connectivity index (χ1v) is 16.4. The van der Waals surface area contributed by atoms with Crippen molar-refractivity contribution in [3.8, 4) is 17.2 Å². The molecule has 0 spiro atoms. The smallest absolute Gasteiger partial charge is 0.416 e. The summed E-state index contributed by atoms with van der Waals surface area (Å²) < 4.78 is 83.4. The highest BCUT2D eigenvalue weighted by atomic mass is 32.2. The zero-order chi connectivity index (χ0) is 32.0. The number of nitrogens with zero attached hydrogens (tertiary/aromatic N) is 1. The number of anilines is 2. The van der Waals surface area contributed by atoms with Gasteiger partial charge in [0.2, 0.25) is 10.0 Å². The predicted octanol–water partition coefficient (Wildman–Crippen LogP) is 7.80. The molecule has 0 amide bonds. The summed E-state index contributed by atoms with van der Waals surface area (Å²) in [5.74, 6) is 2.38. The van der Waals surface area contributed by atoms with Crippen molar-refractivity contribution in [1.82, 2.24) is 0 Å². The summed E-state index contributed by atoms with van der Waals surface area (Å²) in [6, 6.07) is 25.3. The molecule has 1 fully saturated rings. The van der Waals surface area contributed by atoms with Crippen LogP contribution in [-0.2, 0) is 34.0 Å². The van der Waals surface area contributed by atoms with E-state index in [1.807, 2.05) is 59.5 Å². The molecule has 4 aromatic rings. The van der Waals surface area contributed by atoms with E-state index in [1.54, 1.807) is 19.1 Å². The van der Waals surface area contributed by atoms with Crippen molar-refractivity contribution in [2.45, 2.75) is 32.6 Å². The van der Waals surface area contributed by atoms with Crippen LogP contribution in [0.5, 0.6) is 17.2 Å². The molecule has 11 heteroatoms. The predicted molar refractivity (Wildman–Crippen MR) is 168 cm³/mol. The van der Waals surface area contributed by atoms with Crippen LogP contribution in [0, 0.1) is 12.8 Å². The molecule has 1 N–H and O–H groups in total. The fourth-order valence-corrected chi connectivity index (χ4v) is 5.72. The summed E-state index contributed by atoms with van der Waals surface area (Å²) in [7, 11) is -3.52. The van der Waals surface area contributed by atoms with Gasteiger partial charge in [-0.25, -0.2) is 8.42 Å². The first kappa shape index (κ1) is 32.2. The van der Waals surface area contributed by atoms with Crippen LogP contribution in [0.1, 0.15) is 28.7 Å². The van der Waals surface area contributed by atoms with E-state index in [4.69, 9.17) is 14.2 Å². The zero-order valence-corrected chi connectivity index (χ0v) is 25.8. The molecule has 0 aliphatic carbocycles. The van der Waals surface area contributed by atoms with Crippen molar-refractivity contribution < 1.29 is 35.8 Å². The monoisotopic (exact) mass is 640 g/mol. The Kier molecular flexibility index (Phi) is 9.89. The molecular weight excluding hydrogens is 605 g/mol. The van der Waals surface area contributed by atoms with Gasteiger partial charge in [-0.15, -0.1) is 0 Å². The summed E-state index contributed by atoms with van der Waals surface area (Å²) in [5, 5.41) is 0. The van der Waals surface area contributed by atoms with Crippen LogP contribution in [0.15, 0.2) is 91.0 Å². The van der Waals surface area contributed by atoms with Gasteiger partial charge in [-0.05, 0) is 78.6 Å². The minimum Gasteiger partial charge on any atom is -0.493 e. The van der Waals surface area contributed by atoms with Crippen molar-refractivity contribution in [3.05, 3.63) is 113 Å². The summed E-state index contributed by atoms with van der Waals surface area (Å²) in [6.45, 7) is 4.57. The third-order valence-electron chi connectivity index (χ3n) is 7.44. The first-order valence-electron chi connectivity index (χ1n) is 14.5. The first-order chi connectivity index (χ1) is 21.4. The highest BCUT2D eigenvalue weighted by Crippen LogP contribution is 2.33. The molecule has 238 valence electrons. The van der Waals surface area contributed by atoms with Gasteiger partial charge in [0.1, 0.15) is 17.2 Å². The van der Waals surface area contributed by atoms with Gasteiger partial charge < -0.3 is 19.1 Å². The number of nitrogens with one attached hydrogen (secondary N) is 1. The Hall–Kier alpha value is -4.22. The lowest BCUT2D eigenvalue weighted by atomic mass is 10.1. The molecule has 1 saturated heterocycles. The molecule has 7 nitrogen and oxygen atoms in total. The van der Waals surface area contributed by atoms with Crippen LogP contribution in [0.4, 0.5) is 24.5 Å². The molecule has 4 aromatic carbocycles. The lowest BCUT2D eigenvalue weighted by Gasteiger charge is -2.28. The van der Waals surface area contributed by atoms with E-state index in [0.29, 0.717) is 60.5 Å². The number of ether oxygens (including phenoxy) is 3. The van der Waals surface area contributed by atoms with Crippen molar-refractivity contribution in [2.24, 2.45) is 5.92 Å². The third-order valence-corrected chi connectivity index (χ3v) is 8.03. The van der Waals surface area contributed by atoms with Crippen molar-refractivity contribution in [2.75, 3.05) is 35.7 Å². The topological polar surface area (TPSA) is 77.1 Å². The maximum Gasteiger partial charge on any atom is 0.416 e. The van der Waals surface area contributed by atoms with Gasteiger partial charge in [0.25, 0.3) is 0 Å². The summed E-state index contributed by atoms with van der Waals surface area (Å²) in [4.78, 5) is 2.00. The van der Waals surface area contributed by atoms with Gasteiger partial charge in [-0.2, -0.15) is 13.2 Å². The molecule has 0 saturated carbocycles. The Morgan fingerprint density at radius 1 is 0.889 bits per heavy atom. The van der Waals surface area contributed by atoms with Gasteiger partial charge in [-0.1, -0.05) is 36.4 Å². The molecule has 1 heterocycles. The number of hydrogen-bond donors (Lipinski definition) is 1. The van der Waals surface area contributed by atoms with E-state index < -0.39 is 21.8 Å². The van der Waals surface area contributed by atoms with Gasteiger partial charge in [0.05, 0.1) is 30.7 Å². The molecule has 1 atom stereocenters. The minimum atomic E-state index is -4.43. The molecule has 0 aromatic heterocycles. The van der Waals surface area contributed by atoms with E-state index in [0.717, 1.165) is 48.4 Å². The molecule has 1 unspecified atom stereocenters. The molecule has 0 radical (unpaired) electrons. The SMILES string of the molecule is Cc1c(NS(C)(=O)=O)cccc1N(Cc1ccc(Oc2cccc(OCC3CCOC3)c2)cc1)Cc1ccc(C(F)(F)F)cc1. The summed E-state index contributed by atoms with van der Waals surface area (Å²) in [5.41, 5.74) is 2.74. The van der Waals surface area contributed by atoms with Gasteiger partial charge in [0, 0.05) is 37.4 Å². The molecule has 1 aliphatic heterocycles. The normalized spacial score (nSPS) is 15.1. The van der Waals surface area contributed by atoms with Crippen molar-refractivity contribution in [1.29, 1.82) is 0 Å². The fraction of sp³-hybridized carbons (Fsp3) is 0.294. The zero-order valence-electron chi connectivity index (χ0n) is 25.0. The molecule has 1 aliphatic rings. The number of alkyl halides is 3. The van der Waals surface area contributed by atoms with Gasteiger partial charge in [-0.3, -0.25) is 4.72 Å². The maximum absolute atomic E-state index is 13.2. The standard InChI is InChI=1S/C34H35F3N2O5S/c1-24-32(38-45(2,40)41)7-4-8-33(24)39(20-25-9-13-28(14-10-25)34(35,36)37)21-26-11-15-29(16-12-26)44-31-6-3-5-30(19-31)43-23-27-17-18-42-22-27/h3-16,19,27,38H,17-18,20-23H2,1-2H3. The van der Waals surface area contributed by atoms with E-state index in [1.165, 1.54) is 12.1 Å². The fourth-order valence-electron chi connectivity index (χ4n) is 5.10. The van der Waals surface area contributed by atoms with E-state index in [-0.39, 0.29) is 0 Å². The second-order valence-corrected chi connectivity index (χ2v) is 12.9. The van der Waals surface area contributed by atoms with Gasteiger partial charge >= 0.3 is 6.18 Å². The van der Waals surface area contributed by atoms with Gasteiger partial charge in [0.15, 0.2) is 0 Å². The van der Waals surface area contributed by atoms with Crippen LogP contribution in [0.3, 0.4) is 0 Å². The third kappa shape index (κ3) is 9.15. The largest absolute Gasteiger partial charge is 0.493 e. The number of sulfonamides is 1. The molecule has 45 heavy (non-hydrogen) atoms. The number of rotatable bonds is 12. The Labute approximate surface area is 261 Å². The Morgan fingerprint density at radius 3 is 2.16 bits per heavy atom. The van der Waals surface area contributed by atoms with Crippen LogP contribution in [-0.4, -0.2) is 34.5 Å². The Morgan fingerprint density at radius 2 is 1.53 bits per heavy atom. The Balaban J connectivity index is 1.33. The van der Waals surface area contributed by atoms with E-state index >= 15 is 0 Å². The van der Waals surface area contributed by atoms with Crippen LogP contribution in [0.2, 0.25) is 0 Å². The summed E-state index contributed by atoms with van der Waals surface area (Å²) >= 11 is 0. The highest BCUT2D eigenvalue weighted by molar-refractivity contribution is 7.92. The summed E-state index contributed by atoms with van der Waals surface area (Å²) in [6.07, 6.45) is -2.35. The number of halogens is 3. The highest BCUT2D eigenvalue weighted by Gasteiger charge is 2.30. The maximum atomic E-state index is 13.2. The van der Waals surface area contributed by atoms with E-state index in [9.17, 15) is 21.6 Å². The molecule has 0 bridgehead atoms. The average molecular weight is 641 g/mol. The van der Waals surface area contributed by atoms with Crippen LogP contribution >= 0.6 is 0 Å². The lowest BCUT2D eigenvalue weighted by molar-refractivity contribution is -0.137. The molecule has 5 rings (SSSR count). The quantitative estimate of drug-likeness (QED) is 0.170. The number of hydrogen-bond acceptors (Lipinski definition) is 6. The van der Waals surface area contributed by atoms with Crippen molar-refractivity contribution in [3.63, 3.8) is 0 Å². The van der Waals surface area contributed by atoms with Crippen LogP contribution < -0.4 is 19.1 Å².